The summed E-state index contributed by atoms with van der Waals surface area (Å²) >= 11 is 5.83. The van der Waals surface area contributed by atoms with E-state index in [4.69, 9.17) is 11.6 Å². The van der Waals surface area contributed by atoms with Crippen LogP contribution in [-0.2, 0) is 12.8 Å². The quantitative estimate of drug-likeness (QED) is 0.875. The Labute approximate surface area is 123 Å². The topological polar surface area (TPSA) is 37.3 Å². The minimum absolute atomic E-state index is 0.0663. The van der Waals surface area contributed by atoms with Crippen molar-refractivity contribution in [1.29, 1.82) is 0 Å². The van der Waals surface area contributed by atoms with Crippen LogP contribution < -0.4 is 0 Å². The minimum atomic E-state index is -0.498. The van der Waals surface area contributed by atoms with Crippen molar-refractivity contribution >= 4 is 17.4 Å². The van der Waals surface area contributed by atoms with Gasteiger partial charge in [0.2, 0.25) is 0 Å². The third-order valence-electron chi connectivity index (χ3n) is 3.92. The highest BCUT2D eigenvalue weighted by molar-refractivity contribution is 6.30. The van der Waals surface area contributed by atoms with Crippen molar-refractivity contribution in [3.05, 3.63) is 69.7 Å². The van der Waals surface area contributed by atoms with E-state index in [0.29, 0.717) is 10.6 Å². The number of rotatable bonds is 4. The van der Waals surface area contributed by atoms with Crippen LogP contribution in [0.1, 0.15) is 33.0 Å². The average Bonchev–Trinajstić information content (AvgIpc) is 2.43. The van der Waals surface area contributed by atoms with Crippen LogP contribution in [0.2, 0.25) is 5.02 Å². The number of Topliss-reactive ketones (excluding diaryl/α,β-unsaturated/α-hetero) is 1. The molecule has 0 fully saturated rings. The van der Waals surface area contributed by atoms with Gasteiger partial charge in [0.25, 0.3) is 0 Å². The summed E-state index contributed by atoms with van der Waals surface area (Å²) in [7, 11) is 0. The molecule has 0 saturated heterocycles. The lowest BCUT2D eigenvalue weighted by molar-refractivity contribution is 0.0922. The molecule has 0 spiro atoms. The SMILES string of the molecule is O=C(c1ccc(Cl)cc1)C(CO)c1ccc2c(c1)CC2. The maximum Gasteiger partial charge on any atom is 0.172 e. The number of hydrogen-bond donors (Lipinski definition) is 1. The molecule has 0 heterocycles. The molecular formula is C17H15ClO2. The molecule has 0 bridgehead atoms. The Hall–Kier alpha value is -1.64. The zero-order valence-corrected chi connectivity index (χ0v) is 11.7. The molecule has 1 unspecified atom stereocenters. The molecule has 1 aliphatic carbocycles. The molecule has 3 heteroatoms. The number of hydrogen-bond acceptors (Lipinski definition) is 2. The molecule has 102 valence electrons. The maximum absolute atomic E-state index is 12.5. The summed E-state index contributed by atoms with van der Waals surface area (Å²) < 4.78 is 0. The van der Waals surface area contributed by atoms with Gasteiger partial charge in [0.15, 0.2) is 5.78 Å². The molecule has 2 aromatic carbocycles. The van der Waals surface area contributed by atoms with Crippen LogP contribution in [0.25, 0.3) is 0 Å². The van der Waals surface area contributed by atoms with Crippen LogP contribution in [0.5, 0.6) is 0 Å². The van der Waals surface area contributed by atoms with Crippen LogP contribution in [-0.4, -0.2) is 17.5 Å². The summed E-state index contributed by atoms with van der Waals surface area (Å²) in [5.41, 5.74) is 4.12. The predicted molar refractivity (Wildman–Crippen MR) is 79.5 cm³/mol. The van der Waals surface area contributed by atoms with E-state index in [1.807, 2.05) is 12.1 Å². The molecule has 1 atom stereocenters. The number of aliphatic hydroxyl groups is 1. The molecule has 1 aliphatic rings. The van der Waals surface area contributed by atoms with Crippen LogP contribution in [0.3, 0.4) is 0 Å². The minimum Gasteiger partial charge on any atom is -0.395 e. The standard InChI is InChI=1S/C17H15ClO2/c18-15-7-5-12(6-8-15)17(20)16(10-19)14-4-2-11-1-3-13(11)9-14/h2,4-9,16,19H,1,3,10H2. The molecule has 0 saturated carbocycles. The van der Waals surface area contributed by atoms with Gasteiger partial charge < -0.3 is 5.11 Å². The van der Waals surface area contributed by atoms with Crippen molar-refractivity contribution in [3.63, 3.8) is 0 Å². The van der Waals surface area contributed by atoms with Crippen molar-refractivity contribution in [2.45, 2.75) is 18.8 Å². The van der Waals surface area contributed by atoms with Gasteiger partial charge in [0, 0.05) is 10.6 Å². The van der Waals surface area contributed by atoms with Gasteiger partial charge in [0.05, 0.1) is 12.5 Å². The Bertz CT molecular complexity index is 647. The first kappa shape index (κ1) is 13.3. The second-order valence-corrected chi connectivity index (χ2v) is 5.57. The number of carbonyl (C=O) groups excluding carboxylic acids is 1. The van der Waals surface area contributed by atoms with E-state index in [0.717, 1.165) is 18.4 Å². The van der Waals surface area contributed by atoms with Crippen molar-refractivity contribution in [2.24, 2.45) is 0 Å². The average molecular weight is 287 g/mol. The van der Waals surface area contributed by atoms with Crippen LogP contribution in [0, 0.1) is 0 Å². The fourth-order valence-electron chi connectivity index (χ4n) is 2.59. The third kappa shape index (κ3) is 2.37. The molecule has 20 heavy (non-hydrogen) atoms. The zero-order valence-electron chi connectivity index (χ0n) is 11.0. The van der Waals surface area contributed by atoms with Gasteiger partial charge >= 0.3 is 0 Å². The number of ketones is 1. The molecule has 0 amide bonds. The van der Waals surface area contributed by atoms with Crippen LogP contribution in [0.15, 0.2) is 42.5 Å². The van der Waals surface area contributed by atoms with Gasteiger partial charge in [-0.25, -0.2) is 0 Å². The maximum atomic E-state index is 12.5. The Morgan fingerprint density at radius 3 is 2.35 bits per heavy atom. The van der Waals surface area contributed by atoms with Gasteiger partial charge in [-0.1, -0.05) is 29.8 Å². The number of carbonyl (C=O) groups is 1. The fourth-order valence-corrected chi connectivity index (χ4v) is 2.71. The molecule has 3 rings (SSSR count). The van der Waals surface area contributed by atoms with E-state index in [1.165, 1.54) is 11.1 Å². The highest BCUT2D eigenvalue weighted by Crippen LogP contribution is 2.28. The van der Waals surface area contributed by atoms with Gasteiger partial charge in [-0.15, -0.1) is 0 Å². The van der Waals surface area contributed by atoms with Crippen LogP contribution in [0.4, 0.5) is 0 Å². The highest BCUT2D eigenvalue weighted by Gasteiger charge is 2.23. The first-order valence-corrected chi connectivity index (χ1v) is 7.09. The number of aliphatic hydroxyl groups excluding tert-OH is 1. The molecule has 0 aromatic heterocycles. The molecule has 0 radical (unpaired) electrons. The highest BCUT2D eigenvalue weighted by atomic mass is 35.5. The zero-order chi connectivity index (χ0) is 14.1. The molecular weight excluding hydrogens is 272 g/mol. The number of fused-ring (bicyclic) bond motifs is 1. The van der Waals surface area contributed by atoms with Gasteiger partial charge in [-0.05, 0) is 53.8 Å². The van der Waals surface area contributed by atoms with Crippen molar-refractivity contribution in [2.75, 3.05) is 6.61 Å². The molecule has 2 aromatic rings. The van der Waals surface area contributed by atoms with E-state index in [9.17, 15) is 9.90 Å². The van der Waals surface area contributed by atoms with Crippen molar-refractivity contribution < 1.29 is 9.90 Å². The molecule has 2 nitrogen and oxygen atoms in total. The van der Waals surface area contributed by atoms with E-state index in [-0.39, 0.29) is 12.4 Å². The van der Waals surface area contributed by atoms with Crippen molar-refractivity contribution in [1.82, 2.24) is 0 Å². The Morgan fingerprint density at radius 2 is 1.80 bits per heavy atom. The molecule has 0 aliphatic heterocycles. The van der Waals surface area contributed by atoms with E-state index in [1.54, 1.807) is 24.3 Å². The number of halogens is 1. The largest absolute Gasteiger partial charge is 0.395 e. The monoisotopic (exact) mass is 286 g/mol. The van der Waals surface area contributed by atoms with Gasteiger partial charge in [-0.2, -0.15) is 0 Å². The third-order valence-corrected chi connectivity index (χ3v) is 4.18. The molecule has 1 N–H and O–H groups in total. The first-order chi connectivity index (χ1) is 9.69. The Morgan fingerprint density at radius 1 is 1.10 bits per heavy atom. The normalized spacial score (nSPS) is 14.3. The summed E-state index contributed by atoms with van der Waals surface area (Å²) in [6.45, 7) is -0.180. The lowest BCUT2D eigenvalue weighted by Gasteiger charge is -2.22. The fraction of sp³-hybridized carbons (Fsp3) is 0.235. The lowest BCUT2D eigenvalue weighted by atomic mass is 9.83. The number of benzene rings is 2. The Kier molecular flexibility index (Phi) is 3.60. The number of aryl methyl sites for hydroxylation is 2. The summed E-state index contributed by atoms with van der Waals surface area (Å²) in [5, 5.41) is 10.2. The van der Waals surface area contributed by atoms with E-state index >= 15 is 0 Å². The summed E-state index contributed by atoms with van der Waals surface area (Å²) in [4.78, 5) is 12.5. The lowest BCUT2D eigenvalue weighted by Crippen LogP contribution is -2.18. The van der Waals surface area contributed by atoms with Gasteiger partial charge in [0.1, 0.15) is 0 Å². The van der Waals surface area contributed by atoms with Crippen LogP contribution >= 0.6 is 11.6 Å². The second-order valence-electron chi connectivity index (χ2n) is 5.13. The summed E-state index contributed by atoms with van der Waals surface area (Å²) in [5.74, 6) is -0.564. The summed E-state index contributed by atoms with van der Waals surface area (Å²) in [6.07, 6.45) is 2.18. The smallest absolute Gasteiger partial charge is 0.172 e. The Balaban J connectivity index is 1.90. The van der Waals surface area contributed by atoms with Crippen molar-refractivity contribution in [3.8, 4) is 0 Å². The van der Waals surface area contributed by atoms with Gasteiger partial charge in [-0.3, -0.25) is 4.79 Å². The van der Waals surface area contributed by atoms with E-state index < -0.39 is 5.92 Å². The second kappa shape index (κ2) is 5.39. The summed E-state index contributed by atoms with van der Waals surface area (Å²) in [6, 6.07) is 12.9. The predicted octanol–water partition coefficient (Wildman–Crippen LogP) is 3.40. The first-order valence-electron chi connectivity index (χ1n) is 6.71. The van der Waals surface area contributed by atoms with E-state index in [2.05, 4.69) is 6.07 Å².